The van der Waals surface area contributed by atoms with E-state index in [1.165, 1.54) is 17.8 Å². The van der Waals surface area contributed by atoms with Crippen LogP contribution >= 0.6 is 46.3 Å². The van der Waals surface area contributed by atoms with Gasteiger partial charge >= 0.3 is 5.97 Å². The van der Waals surface area contributed by atoms with Crippen LogP contribution in [0.25, 0.3) is 0 Å². The van der Waals surface area contributed by atoms with Crippen molar-refractivity contribution in [3.8, 4) is 5.75 Å². The standard InChI is InChI=1S/C14H13Cl2N3O4S2/c1-2-22-12(21)7-24-14-19-18-13(25-14)17-11(20)6-23-10-4-3-8(15)5-9(10)16/h3-5H,2,6-7H2,1H3,(H,17,18,20). The lowest BCUT2D eigenvalue weighted by molar-refractivity contribution is -0.139. The molecule has 0 aliphatic rings. The van der Waals surface area contributed by atoms with E-state index in [9.17, 15) is 9.59 Å². The normalized spacial score (nSPS) is 10.4. The molecule has 2 rings (SSSR count). The van der Waals surface area contributed by atoms with Gasteiger partial charge < -0.3 is 9.47 Å². The number of nitrogens with zero attached hydrogens (tertiary/aromatic N) is 2. The van der Waals surface area contributed by atoms with Gasteiger partial charge in [-0.15, -0.1) is 10.2 Å². The van der Waals surface area contributed by atoms with Gasteiger partial charge in [-0.25, -0.2) is 0 Å². The Morgan fingerprint density at radius 1 is 1.32 bits per heavy atom. The smallest absolute Gasteiger partial charge is 0.316 e. The number of hydrogen-bond acceptors (Lipinski definition) is 8. The fraction of sp³-hybridized carbons (Fsp3) is 0.286. The van der Waals surface area contributed by atoms with Crippen molar-refractivity contribution in [3.05, 3.63) is 28.2 Å². The third-order valence-corrected chi connectivity index (χ3v) is 5.00. The van der Waals surface area contributed by atoms with Gasteiger partial charge in [0.05, 0.1) is 17.4 Å². The van der Waals surface area contributed by atoms with Gasteiger partial charge in [-0.05, 0) is 25.1 Å². The van der Waals surface area contributed by atoms with E-state index in [1.54, 1.807) is 19.1 Å². The van der Waals surface area contributed by atoms with Crippen LogP contribution in [0, 0.1) is 0 Å². The van der Waals surface area contributed by atoms with Gasteiger partial charge in [0, 0.05) is 5.02 Å². The molecule has 7 nitrogen and oxygen atoms in total. The Hall–Kier alpha value is -1.55. The molecule has 1 heterocycles. The summed E-state index contributed by atoms with van der Waals surface area (Å²) in [5.41, 5.74) is 0. The molecule has 0 saturated heterocycles. The van der Waals surface area contributed by atoms with Gasteiger partial charge in [0.2, 0.25) is 5.13 Å². The molecular formula is C14H13Cl2N3O4S2. The summed E-state index contributed by atoms with van der Waals surface area (Å²) in [6.07, 6.45) is 0. The summed E-state index contributed by atoms with van der Waals surface area (Å²) >= 11 is 14.1. The van der Waals surface area contributed by atoms with E-state index in [0.717, 1.165) is 11.3 Å². The molecule has 1 aromatic heterocycles. The second kappa shape index (κ2) is 9.81. The van der Waals surface area contributed by atoms with Crippen molar-refractivity contribution in [2.24, 2.45) is 0 Å². The molecule has 25 heavy (non-hydrogen) atoms. The quantitative estimate of drug-likeness (QED) is 0.396. The van der Waals surface area contributed by atoms with E-state index in [4.69, 9.17) is 32.7 Å². The number of anilines is 1. The Labute approximate surface area is 162 Å². The Bertz CT molecular complexity index is 757. The zero-order chi connectivity index (χ0) is 18.2. The van der Waals surface area contributed by atoms with E-state index in [2.05, 4.69) is 15.5 Å². The van der Waals surface area contributed by atoms with Crippen molar-refractivity contribution in [1.82, 2.24) is 10.2 Å². The number of carbonyl (C=O) groups excluding carboxylic acids is 2. The van der Waals surface area contributed by atoms with Crippen molar-refractivity contribution in [1.29, 1.82) is 0 Å². The number of hydrogen-bond donors (Lipinski definition) is 1. The highest BCUT2D eigenvalue weighted by atomic mass is 35.5. The maximum Gasteiger partial charge on any atom is 0.316 e. The number of halogens is 2. The summed E-state index contributed by atoms with van der Waals surface area (Å²) in [5, 5.41) is 11.4. The SMILES string of the molecule is CCOC(=O)CSc1nnc(NC(=O)COc2ccc(Cl)cc2Cl)s1. The minimum absolute atomic E-state index is 0.134. The highest BCUT2D eigenvalue weighted by molar-refractivity contribution is 8.01. The number of benzene rings is 1. The van der Waals surface area contributed by atoms with Crippen molar-refractivity contribution in [2.45, 2.75) is 11.3 Å². The van der Waals surface area contributed by atoms with Crippen LogP contribution in [0.15, 0.2) is 22.5 Å². The highest BCUT2D eigenvalue weighted by Crippen LogP contribution is 2.28. The van der Waals surface area contributed by atoms with Crippen LogP contribution < -0.4 is 10.1 Å². The van der Waals surface area contributed by atoms with E-state index < -0.39 is 5.91 Å². The number of thioether (sulfide) groups is 1. The van der Waals surface area contributed by atoms with E-state index in [-0.39, 0.29) is 18.3 Å². The molecule has 1 amide bonds. The minimum atomic E-state index is -0.413. The lowest BCUT2D eigenvalue weighted by Crippen LogP contribution is -2.20. The van der Waals surface area contributed by atoms with Crippen LogP contribution in [0.4, 0.5) is 5.13 Å². The molecule has 11 heteroatoms. The lowest BCUT2D eigenvalue weighted by atomic mass is 10.3. The fourth-order valence-corrected chi connectivity index (χ4v) is 3.56. The molecule has 0 fully saturated rings. The molecule has 0 radical (unpaired) electrons. The summed E-state index contributed by atoms with van der Waals surface area (Å²) < 4.78 is 10.7. The average molecular weight is 422 g/mol. The summed E-state index contributed by atoms with van der Waals surface area (Å²) in [7, 11) is 0. The molecule has 0 spiro atoms. The Morgan fingerprint density at radius 2 is 2.12 bits per heavy atom. The first-order valence-electron chi connectivity index (χ1n) is 6.97. The topological polar surface area (TPSA) is 90.4 Å². The summed E-state index contributed by atoms with van der Waals surface area (Å²) in [6.45, 7) is 1.82. The number of ether oxygens (including phenoxy) is 2. The molecule has 2 aromatic rings. The molecule has 0 aliphatic heterocycles. The van der Waals surface area contributed by atoms with Crippen molar-refractivity contribution < 1.29 is 19.1 Å². The van der Waals surface area contributed by atoms with Gasteiger partial charge in [0.15, 0.2) is 10.9 Å². The Kier molecular flexibility index (Phi) is 7.76. The number of amides is 1. The maximum absolute atomic E-state index is 11.9. The second-order valence-corrected chi connectivity index (χ2v) is 7.42. The number of nitrogens with one attached hydrogen (secondary N) is 1. The van der Waals surface area contributed by atoms with Crippen LogP contribution in [0.1, 0.15) is 6.92 Å². The van der Waals surface area contributed by atoms with E-state index in [1.807, 2.05) is 0 Å². The van der Waals surface area contributed by atoms with Crippen molar-refractivity contribution in [3.63, 3.8) is 0 Å². The molecule has 0 bridgehead atoms. The van der Waals surface area contributed by atoms with Gasteiger partial charge in [0.25, 0.3) is 5.91 Å². The maximum atomic E-state index is 11.9. The zero-order valence-electron chi connectivity index (χ0n) is 13.0. The van der Waals surface area contributed by atoms with E-state index >= 15 is 0 Å². The van der Waals surface area contributed by atoms with Crippen LogP contribution in [-0.2, 0) is 14.3 Å². The third-order valence-electron chi connectivity index (χ3n) is 2.52. The Balaban J connectivity index is 1.79. The number of aromatic nitrogens is 2. The highest BCUT2D eigenvalue weighted by Gasteiger charge is 2.12. The summed E-state index contributed by atoms with van der Waals surface area (Å²) in [5.74, 6) is -0.260. The van der Waals surface area contributed by atoms with Crippen LogP contribution in [0.2, 0.25) is 10.0 Å². The first-order valence-corrected chi connectivity index (χ1v) is 9.53. The van der Waals surface area contributed by atoms with Crippen LogP contribution in [-0.4, -0.2) is 41.0 Å². The van der Waals surface area contributed by atoms with E-state index in [0.29, 0.717) is 31.9 Å². The third kappa shape index (κ3) is 6.69. The average Bonchev–Trinajstić information content (AvgIpc) is 3.00. The largest absolute Gasteiger partial charge is 0.482 e. The molecular weight excluding hydrogens is 409 g/mol. The number of rotatable bonds is 8. The molecule has 0 atom stereocenters. The van der Waals surface area contributed by atoms with Gasteiger partial charge in [0.1, 0.15) is 5.75 Å². The Morgan fingerprint density at radius 3 is 2.84 bits per heavy atom. The first kappa shape index (κ1) is 19.8. The molecule has 0 saturated carbocycles. The summed E-state index contributed by atoms with van der Waals surface area (Å²) in [6, 6.07) is 4.71. The minimum Gasteiger partial charge on any atom is -0.482 e. The summed E-state index contributed by atoms with van der Waals surface area (Å²) in [4.78, 5) is 23.2. The monoisotopic (exact) mass is 421 g/mol. The van der Waals surface area contributed by atoms with Crippen molar-refractivity contribution >= 4 is 63.3 Å². The molecule has 134 valence electrons. The zero-order valence-corrected chi connectivity index (χ0v) is 16.1. The molecule has 1 N–H and O–H groups in total. The molecule has 0 aliphatic carbocycles. The van der Waals surface area contributed by atoms with Crippen LogP contribution in [0.5, 0.6) is 5.75 Å². The molecule has 0 unspecified atom stereocenters. The second-order valence-electron chi connectivity index (χ2n) is 4.38. The number of carbonyl (C=O) groups is 2. The van der Waals surface area contributed by atoms with Crippen LogP contribution in [0.3, 0.4) is 0 Å². The first-order chi connectivity index (χ1) is 12.0. The lowest BCUT2D eigenvalue weighted by Gasteiger charge is -2.07. The van der Waals surface area contributed by atoms with Gasteiger partial charge in [-0.2, -0.15) is 0 Å². The fourth-order valence-electron chi connectivity index (χ4n) is 1.53. The van der Waals surface area contributed by atoms with Gasteiger partial charge in [-0.1, -0.05) is 46.3 Å². The predicted octanol–water partition coefficient (Wildman–Crippen LogP) is 3.52. The van der Waals surface area contributed by atoms with Crippen molar-refractivity contribution in [2.75, 3.05) is 24.3 Å². The molecule has 1 aromatic carbocycles. The predicted molar refractivity (Wildman–Crippen MR) is 97.9 cm³/mol. The number of esters is 1. The van der Waals surface area contributed by atoms with Gasteiger partial charge in [-0.3, -0.25) is 14.9 Å².